The summed E-state index contributed by atoms with van der Waals surface area (Å²) in [6, 6.07) is 1.86. The third kappa shape index (κ3) is 1.80. The first-order valence-corrected chi connectivity index (χ1v) is 5.51. The number of aliphatic hydroxyl groups excluding tert-OH is 1. The third-order valence-corrected chi connectivity index (χ3v) is 2.59. The number of nitrogens with zero attached hydrogens (tertiary/aromatic N) is 5. The van der Waals surface area contributed by atoms with Crippen LogP contribution in [0.1, 0.15) is 0 Å². The summed E-state index contributed by atoms with van der Waals surface area (Å²) in [6.45, 7) is 0.531. The molecule has 0 spiro atoms. The molecule has 0 aromatic carbocycles. The summed E-state index contributed by atoms with van der Waals surface area (Å²) in [4.78, 5) is 4.18. The lowest BCUT2D eigenvalue weighted by Gasteiger charge is -1.94. The van der Waals surface area contributed by atoms with E-state index in [9.17, 15) is 0 Å². The average Bonchev–Trinajstić information content (AvgIpc) is 2.94. The molecule has 0 bridgehead atoms. The van der Waals surface area contributed by atoms with Crippen LogP contribution in [0.5, 0.6) is 0 Å². The molecule has 0 aliphatic carbocycles. The maximum absolute atomic E-state index is 8.84. The monoisotopic (exact) mass is 244 g/mol. The van der Waals surface area contributed by atoms with Crippen molar-refractivity contribution < 1.29 is 5.11 Å². The molecular weight excluding hydrogens is 232 g/mol. The smallest absolute Gasteiger partial charge is 0.155 e. The van der Waals surface area contributed by atoms with E-state index in [2.05, 4.69) is 15.2 Å². The van der Waals surface area contributed by atoms with Gasteiger partial charge in [-0.05, 0) is 0 Å². The Hall–Kier alpha value is -2.41. The van der Waals surface area contributed by atoms with Gasteiger partial charge in [0.2, 0.25) is 0 Å². The number of rotatable bonds is 3. The molecule has 0 aliphatic heterocycles. The molecule has 0 saturated carbocycles. The lowest BCUT2D eigenvalue weighted by molar-refractivity contribution is 0.269. The number of fused-ring (bicyclic) bond motifs is 1. The van der Waals surface area contributed by atoms with E-state index < -0.39 is 0 Å². The van der Waals surface area contributed by atoms with E-state index in [0.717, 1.165) is 16.9 Å². The first-order chi connectivity index (χ1) is 8.76. The number of hydrogen-bond donors (Lipinski definition) is 2. The van der Waals surface area contributed by atoms with E-state index in [1.165, 1.54) is 0 Å². The van der Waals surface area contributed by atoms with E-state index >= 15 is 0 Å². The maximum Gasteiger partial charge on any atom is 0.155 e. The molecular formula is C11H12N6O. The molecule has 7 nitrogen and oxygen atoms in total. The Labute approximate surface area is 102 Å². The first kappa shape index (κ1) is 10.7. The second-order valence-electron chi connectivity index (χ2n) is 3.94. The van der Waals surface area contributed by atoms with E-state index in [4.69, 9.17) is 10.8 Å². The molecule has 0 aliphatic rings. The topological polar surface area (TPSA) is 94.3 Å². The van der Waals surface area contributed by atoms with E-state index in [0.29, 0.717) is 12.2 Å². The lowest BCUT2D eigenvalue weighted by atomic mass is 10.3. The van der Waals surface area contributed by atoms with Gasteiger partial charge in [0.15, 0.2) is 5.65 Å². The highest BCUT2D eigenvalue weighted by Crippen LogP contribution is 2.18. The summed E-state index contributed by atoms with van der Waals surface area (Å²) in [7, 11) is 0. The largest absolute Gasteiger partial charge is 0.396 e. The Bertz CT molecular complexity index is 686. The van der Waals surface area contributed by atoms with Crippen molar-refractivity contribution in [1.82, 2.24) is 24.4 Å². The molecule has 3 heterocycles. The fourth-order valence-electron chi connectivity index (χ4n) is 1.75. The fourth-order valence-corrected chi connectivity index (χ4v) is 1.75. The van der Waals surface area contributed by atoms with Crippen LogP contribution in [0.3, 0.4) is 0 Å². The molecule has 7 heteroatoms. The number of nitrogen functional groups attached to an aromatic ring is 1. The molecule has 3 aromatic rings. The number of aromatic nitrogens is 5. The van der Waals surface area contributed by atoms with Gasteiger partial charge in [-0.2, -0.15) is 10.2 Å². The summed E-state index contributed by atoms with van der Waals surface area (Å²) in [5.74, 6) is 0. The van der Waals surface area contributed by atoms with Gasteiger partial charge in [0.1, 0.15) is 0 Å². The van der Waals surface area contributed by atoms with Crippen LogP contribution in [0.25, 0.3) is 16.9 Å². The molecule has 0 unspecified atom stereocenters. The SMILES string of the molecule is Nc1cnc2cc(-c3cnn(CCO)c3)nn2c1. The van der Waals surface area contributed by atoms with Crippen LogP contribution in [-0.4, -0.2) is 36.1 Å². The minimum absolute atomic E-state index is 0.0599. The van der Waals surface area contributed by atoms with Gasteiger partial charge in [-0.25, -0.2) is 9.50 Å². The molecule has 0 amide bonds. The Kier molecular flexibility index (Phi) is 2.45. The Morgan fingerprint density at radius 3 is 3.00 bits per heavy atom. The highest BCUT2D eigenvalue weighted by atomic mass is 16.3. The fraction of sp³-hybridized carbons (Fsp3) is 0.182. The normalized spacial score (nSPS) is 11.2. The second-order valence-corrected chi connectivity index (χ2v) is 3.94. The van der Waals surface area contributed by atoms with Crippen molar-refractivity contribution >= 4 is 11.3 Å². The van der Waals surface area contributed by atoms with Gasteiger partial charge in [0, 0.05) is 17.8 Å². The van der Waals surface area contributed by atoms with Crippen molar-refractivity contribution in [2.75, 3.05) is 12.3 Å². The predicted molar refractivity (Wildman–Crippen MR) is 65.7 cm³/mol. The van der Waals surface area contributed by atoms with Crippen LogP contribution in [-0.2, 0) is 6.54 Å². The van der Waals surface area contributed by atoms with Gasteiger partial charge in [-0.15, -0.1) is 0 Å². The lowest BCUT2D eigenvalue weighted by Crippen LogP contribution is -2.01. The van der Waals surface area contributed by atoms with Crippen LogP contribution >= 0.6 is 0 Å². The third-order valence-electron chi connectivity index (χ3n) is 2.59. The summed E-state index contributed by atoms with van der Waals surface area (Å²) in [5.41, 5.74) is 8.60. The van der Waals surface area contributed by atoms with Crippen LogP contribution in [0, 0.1) is 0 Å². The summed E-state index contributed by atoms with van der Waals surface area (Å²) in [6.07, 6.45) is 6.85. The number of hydrogen-bond acceptors (Lipinski definition) is 5. The van der Waals surface area contributed by atoms with Crippen molar-refractivity contribution in [3.8, 4) is 11.3 Å². The zero-order valence-electron chi connectivity index (χ0n) is 9.56. The van der Waals surface area contributed by atoms with E-state index in [1.54, 1.807) is 27.8 Å². The first-order valence-electron chi connectivity index (χ1n) is 5.51. The van der Waals surface area contributed by atoms with Gasteiger partial charge >= 0.3 is 0 Å². The molecule has 0 saturated heterocycles. The van der Waals surface area contributed by atoms with Crippen LogP contribution in [0.15, 0.2) is 30.9 Å². The van der Waals surface area contributed by atoms with Crippen molar-refractivity contribution in [2.45, 2.75) is 6.54 Å². The molecule has 18 heavy (non-hydrogen) atoms. The molecule has 92 valence electrons. The minimum atomic E-state index is 0.0599. The van der Waals surface area contributed by atoms with Crippen LogP contribution in [0.2, 0.25) is 0 Å². The highest BCUT2D eigenvalue weighted by Gasteiger charge is 2.07. The number of aliphatic hydroxyl groups is 1. The van der Waals surface area contributed by atoms with Gasteiger partial charge in [0.05, 0.1) is 43.1 Å². The van der Waals surface area contributed by atoms with Crippen LogP contribution < -0.4 is 5.73 Å². The Balaban J connectivity index is 2.02. The molecule has 0 atom stereocenters. The zero-order chi connectivity index (χ0) is 12.5. The van der Waals surface area contributed by atoms with Gasteiger partial charge in [0.25, 0.3) is 0 Å². The second kappa shape index (κ2) is 4.11. The summed E-state index contributed by atoms with van der Waals surface area (Å²) < 4.78 is 3.30. The van der Waals surface area contributed by atoms with Gasteiger partial charge < -0.3 is 10.8 Å². The van der Waals surface area contributed by atoms with Crippen molar-refractivity contribution in [1.29, 1.82) is 0 Å². The summed E-state index contributed by atoms with van der Waals surface area (Å²) >= 11 is 0. The number of nitrogens with two attached hydrogens (primary N) is 1. The summed E-state index contributed by atoms with van der Waals surface area (Å²) in [5, 5.41) is 17.3. The Morgan fingerprint density at radius 1 is 1.28 bits per heavy atom. The quantitative estimate of drug-likeness (QED) is 0.684. The molecule has 3 rings (SSSR count). The van der Waals surface area contributed by atoms with Crippen LogP contribution in [0.4, 0.5) is 5.69 Å². The predicted octanol–water partition coefficient (Wildman–Crippen LogP) is 0.167. The van der Waals surface area contributed by atoms with Gasteiger partial charge in [-0.1, -0.05) is 0 Å². The maximum atomic E-state index is 8.84. The molecule has 3 aromatic heterocycles. The molecule has 0 radical (unpaired) electrons. The zero-order valence-corrected chi connectivity index (χ0v) is 9.56. The average molecular weight is 244 g/mol. The minimum Gasteiger partial charge on any atom is -0.396 e. The molecule has 3 N–H and O–H groups in total. The highest BCUT2D eigenvalue weighted by molar-refractivity contribution is 5.63. The van der Waals surface area contributed by atoms with Gasteiger partial charge in [-0.3, -0.25) is 4.68 Å². The Morgan fingerprint density at radius 2 is 2.17 bits per heavy atom. The standard InChI is InChI=1S/C11H12N6O/c12-9-5-13-11-3-10(15-17(11)7-9)8-4-14-16(6-8)1-2-18/h3-7,18H,1-2,12H2. The van der Waals surface area contributed by atoms with Crippen molar-refractivity contribution in [2.24, 2.45) is 0 Å². The van der Waals surface area contributed by atoms with E-state index in [1.807, 2.05) is 12.3 Å². The number of anilines is 1. The van der Waals surface area contributed by atoms with Crippen molar-refractivity contribution in [3.63, 3.8) is 0 Å². The van der Waals surface area contributed by atoms with E-state index in [-0.39, 0.29) is 6.61 Å². The van der Waals surface area contributed by atoms with Crippen molar-refractivity contribution in [3.05, 3.63) is 30.9 Å². The molecule has 0 fully saturated rings.